The molecule has 0 saturated carbocycles. The smallest absolute Gasteiger partial charge is 0.307 e. The summed E-state index contributed by atoms with van der Waals surface area (Å²) in [5.41, 5.74) is -0.265. The van der Waals surface area contributed by atoms with Gasteiger partial charge >= 0.3 is 5.69 Å². The van der Waals surface area contributed by atoms with Gasteiger partial charge in [0.2, 0.25) is 0 Å². The molecule has 3 N–H and O–H groups in total. The third kappa shape index (κ3) is 2.69. The zero-order valence-electron chi connectivity index (χ0n) is 8.81. The molecule has 2 heterocycles. The van der Waals surface area contributed by atoms with Gasteiger partial charge in [-0.3, -0.25) is 14.9 Å². The Kier molecular flexibility index (Phi) is 3.15. The summed E-state index contributed by atoms with van der Waals surface area (Å²) >= 11 is 0. The molecule has 0 unspecified atom stereocenters. The number of hydrogen-bond donors (Lipinski definition) is 3. The van der Waals surface area contributed by atoms with E-state index in [1.54, 1.807) is 36.7 Å². The maximum atomic E-state index is 11.1. The summed E-state index contributed by atoms with van der Waals surface area (Å²) in [6, 6.07) is 8.68. The molecule has 0 aliphatic rings. The normalized spacial score (nSPS) is 9.65. The molecule has 0 atom stereocenters. The lowest BCUT2D eigenvalue weighted by atomic mass is 10.2. The Morgan fingerprint density at radius 3 is 2.47 bits per heavy atom. The van der Waals surface area contributed by atoms with Gasteiger partial charge in [-0.25, -0.2) is 4.79 Å². The highest BCUT2D eigenvalue weighted by atomic mass is 16.2. The van der Waals surface area contributed by atoms with E-state index >= 15 is 0 Å². The van der Waals surface area contributed by atoms with Crippen LogP contribution in [0.1, 0.15) is 0 Å². The summed E-state index contributed by atoms with van der Waals surface area (Å²) in [6.07, 6.45) is 3.46. The van der Waals surface area contributed by atoms with E-state index in [1.165, 1.54) is 0 Å². The molecule has 0 aliphatic heterocycles. The van der Waals surface area contributed by atoms with E-state index in [4.69, 9.17) is 0 Å². The van der Waals surface area contributed by atoms with Gasteiger partial charge in [-0.05, 0) is 18.2 Å². The third-order valence-electron chi connectivity index (χ3n) is 2.05. The van der Waals surface area contributed by atoms with E-state index in [0.717, 1.165) is 0 Å². The van der Waals surface area contributed by atoms with Crippen molar-refractivity contribution in [2.45, 2.75) is 0 Å². The average molecular weight is 230 g/mol. The number of aromatic nitrogens is 4. The van der Waals surface area contributed by atoms with E-state index < -0.39 is 5.69 Å². The molecule has 2 aromatic heterocycles. The van der Waals surface area contributed by atoms with Crippen molar-refractivity contribution in [1.29, 1.82) is 0 Å². The van der Waals surface area contributed by atoms with Crippen molar-refractivity contribution in [2.75, 3.05) is 0 Å². The first-order valence-corrected chi connectivity index (χ1v) is 4.92. The van der Waals surface area contributed by atoms with Crippen molar-refractivity contribution < 1.29 is 0 Å². The van der Waals surface area contributed by atoms with Crippen LogP contribution in [-0.4, -0.2) is 20.2 Å². The van der Waals surface area contributed by atoms with Gasteiger partial charge in [0.15, 0.2) is 0 Å². The number of para-hydroxylation sites is 1. The lowest BCUT2D eigenvalue weighted by Gasteiger charge is -1.92. The molecule has 0 radical (unpaired) electrons. The van der Waals surface area contributed by atoms with Crippen LogP contribution in [0.3, 0.4) is 0 Å². The van der Waals surface area contributed by atoms with E-state index in [1.807, 2.05) is 6.07 Å². The summed E-state index contributed by atoms with van der Waals surface area (Å²) in [5.74, 6) is 0. The highest BCUT2D eigenvalue weighted by molar-refractivity contribution is 5.76. The number of benzene rings is 1. The Labute approximate surface area is 95.3 Å². The van der Waals surface area contributed by atoms with Crippen LogP contribution in [0, 0.1) is 0 Å². The lowest BCUT2D eigenvalue weighted by Crippen LogP contribution is -2.21. The molecular formula is C11H10N4O2. The van der Waals surface area contributed by atoms with Gasteiger partial charge in [0.25, 0.3) is 5.56 Å². The Bertz CT molecular complexity index is 680. The lowest BCUT2D eigenvalue weighted by molar-refractivity contribution is 1.08. The van der Waals surface area contributed by atoms with Gasteiger partial charge in [0.1, 0.15) is 0 Å². The van der Waals surface area contributed by atoms with Crippen molar-refractivity contribution >= 4 is 10.9 Å². The second kappa shape index (κ2) is 4.93. The average Bonchev–Trinajstić information content (AvgIpc) is 2.87. The summed E-state index contributed by atoms with van der Waals surface area (Å²) in [4.78, 5) is 26.6. The van der Waals surface area contributed by atoms with Crippen molar-refractivity contribution in [3.05, 3.63) is 63.6 Å². The molecule has 86 valence electrons. The van der Waals surface area contributed by atoms with Crippen LogP contribution in [0.25, 0.3) is 10.9 Å². The SMILES string of the molecule is O=c1[nH]c(=O)c2ccccc2[nH]1.c1cn[nH]c1. The number of nitrogens with one attached hydrogen (secondary N) is 3. The molecule has 0 fully saturated rings. The van der Waals surface area contributed by atoms with Crippen LogP contribution in [0.15, 0.2) is 52.3 Å². The molecule has 6 nitrogen and oxygen atoms in total. The number of H-pyrrole nitrogens is 3. The van der Waals surface area contributed by atoms with E-state index in [-0.39, 0.29) is 5.56 Å². The fraction of sp³-hybridized carbons (Fsp3) is 0. The minimum Gasteiger partial charge on any atom is -0.307 e. The summed E-state index contributed by atoms with van der Waals surface area (Å²) in [7, 11) is 0. The maximum Gasteiger partial charge on any atom is 0.326 e. The topological polar surface area (TPSA) is 94.4 Å². The first-order chi connectivity index (χ1) is 8.27. The molecular weight excluding hydrogens is 220 g/mol. The van der Waals surface area contributed by atoms with Gasteiger partial charge in [-0.2, -0.15) is 5.10 Å². The summed E-state index contributed by atoms with van der Waals surface area (Å²) in [5, 5.41) is 6.71. The predicted molar refractivity (Wildman–Crippen MR) is 63.8 cm³/mol. The number of fused-ring (bicyclic) bond motifs is 1. The van der Waals surface area contributed by atoms with E-state index in [0.29, 0.717) is 10.9 Å². The molecule has 1 aromatic carbocycles. The molecule has 6 heteroatoms. The highest BCUT2D eigenvalue weighted by Gasteiger charge is 1.96. The monoisotopic (exact) mass is 230 g/mol. The molecule has 3 rings (SSSR count). The second-order valence-electron chi connectivity index (χ2n) is 3.22. The van der Waals surface area contributed by atoms with Gasteiger partial charge in [0, 0.05) is 12.4 Å². The second-order valence-corrected chi connectivity index (χ2v) is 3.22. The molecule has 3 aromatic rings. The number of aromatic amines is 3. The molecule has 17 heavy (non-hydrogen) atoms. The van der Waals surface area contributed by atoms with E-state index in [9.17, 15) is 9.59 Å². The molecule has 0 spiro atoms. The Morgan fingerprint density at radius 1 is 1.00 bits per heavy atom. The van der Waals surface area contributed by atoms with Gasteiger partial charge in [0.05, 0.1) is 10.9 Å². The largest absolute Gasteiger partial charge is 0.326 e. The van der Waals surface area contributed by atoms with Gasteiger partial charge in [-0.1, -0.05) is 12.1 Å². The Morgan fingerprint density at radius 2 is 1.82 bits per heavy atom. The van der Waals surface area contributed by atoms with Gasteiger partial charge < -0.3 is 4.98 Å². The van der Waals surface area contributed by atoms with Crippen molar-refractivity contribution in [1.82, 2.24) is 20.2 Å². The standard InChI is InChI=1S/C8H6N2O2.C3H4N2/c11-7-5-3-1-2-4-6(5)9-8(12)10-7;1-2-4-5-3-1/h1-4H,(H2,9,10,11,12);1-3H,(H,4,5). The first kappa shape index (κ1) is 10.9. The zero-order chi connectivity index (χ0) is 12.1. The molecule has 0 bridgehead atoms. The van der Waals surface area contributed by atoms with Crippen LogP contribution >= 0.6 is 0 Å². The number of hydrogen-bond acceptors (Lipinski definition) is 3. The number of rotatable bonds is 0. The molecule has 0 saturated heterocycles. The predicted octanol–water partition coefficient (Wildman–Crippen LogP) is 0.626. The van der Waals surface area contributed by atoms with Crippen LogP contribution in [0.2, 0.25) is 0 Å². The third-order valence-corrected chi connectivity index (χ3v) is 2.05. The Hall–Kier alpha value is -2.63. The van der Waals surface area contributed by atoms with Crippen molar-refractivity contribution in [2.24, 2.45) is 0 Å². The Balaban J connectivity index is 0.000000181. The summed E-state index contributed by atoms with van der Waals surface area (Å²) in [6.45, 7) is 0. The maximum absolute atomic E-state index is 11.1. The molecule has 0 amide bonds. The first-order valence-electron chi connectivity index (χ1n) is 4.92. The van der Waals surface area contributed by atoms with E-state index in [2.05, 4.69) is 20.2 Å². The van der Waals surface area contributed by atoms with Crippen molar-refractivity contribution in [3.8, 4) is 0 Å². The fourth-order valence-electron chi connectivity index (χ4n) is 1.33. The fourth-order valence-corrected chi connectivity index (χ4v) is 1.33. The minimum atomic E-state index is -0.473. The quantitative estimate of drug-likeness (QED) is 0.528. The molecule has 0 aliphatic carbocycles. The summed E-state index contributed by atoms with van der Waals surface area (Å²) < 4.78 is 0. The zero-order valence-corrected chi connectivity index (χ0v) is 8.81. The van der Waals surface area contributed by atoms with Crippen LogP contribution < -0.4 is 11.2 Å². The highest BCUT2D eigenvalue weighted by Crippen LogP contribution is 2.01. The van der Waals surface area contributed by atoms with Crippen molar-refractivity contribution in [3.63, 3.8) is 0 Å². The van der Waals surface area contributed by atoms with Crippen LogP contribution in [0.5, 0.6) is 0 Å². The van der Waals surface area contributed by atoms with Crippen LogP contribution in [-0.2, 0) is 0 Å². The van der Waals surface area contributed by atoms with Crippen LogP contribution in [0.4, 0.5) is 0 Å². The number of nitrogens with zero attached hydrogens (tertiary/aromatic N) is 1. The van der Waals surface area contributed by atoms with Gasteiger partial charge in [-0.15, -0.1) is 0 Å². The minimum absolute atomic E-state index is 0.352.